The fourth-order valence-electron chi connectivity index (χ4n) is 1.66. The minimum Gasteiger partial charge on any atom is -0.508 e. The van der Waals surface area contributed by atoms with Gasteiger partial charge in [0.05, 0.1) is 0 Å². The molecule has 0 spiro atoms. The molecule has 0 aliphatic carbocycles. The Morgan fingerprint density at radius 3 is 2.47 bits per heavy atom. The van der Waals surface area contributed by atoms with E-state index in [-0.39, 0.29) is 6.04 Å². The molecule has 84 valence electrons. The number of hydrogen-bond acceptors (Lipinski definition) is 2. The Morgan fingerprint density at radius 2 is 1.93 bits per heavy atom. The zero-order valence-corrected chi connectivity index (χ0v) is 9.83. The van der Waals surface area contributed by atoms with Gasteiger partial charge in [0, 0.05) is 6.04 Å². The standard InChI is InChI=1S/C13H21NO/c1-9(4-5-11(3)14)12-6-7-13(15)10(2)8-12/h6-9,11,15H,4-5,14H2,1-3H3. The van der Waals surface area contributed by atoms with Crippen molar-refractivity contribution >= 4 is 0 Å². The number of aryl methyl sites for hydroxylation is 1. The first kappa shape index (κ1) is 12.1. The number of benzene rings is 1. The van der Waals surface area contributed by atoms with E-state index in [2.05, 4.69) is 13.0 Å². The largest absolute Gasteiger partial charge is 0.508 e. The summed E-state index contributed by atoms with van der Waals surface area (Å²) in [6.07, 6.45) is 2.14. The molecule has 2 heteroatoms. The summed E-state index contributed by atoms with van der Waals surface area (Å²) in [5.74, 6) is 0.883. The maximum Gasteiger partial charge on any atom is 0.118 e. The lowest BCUT2D eigenvalue weighted by Crippen LogP contribution is -2.15. The Bertz CT molecular complexity index is 320. The molecule has 0 aliphatic rings. The molecule has 2 unspecified atom stereocenters. The van der Waals surface area contributed by atoms with Crippen molar-refractivity contribution in [2.24, 2.45) is 5.73 Å². The van der Waals surface area contributed by atoms with Gasteiger partial charge in [0.1, 0.15) is 5.75 Å². The third-order valence-electron chi connectivity index (χ3n) is 2.84. The first-order chi connectivity index (χ1) is 7.00. The highest BCUT2D eigenvalue weighted by atomic mass is 16.3. The van der Waals surface area contributed by atoms with E-state index in [9.17, 15) is 5.11 Å². The average Bonchev–Trinajstić information content (AvgIpc) is 2.18. The lowest BCUT2D eigenvalue weighted by molar-refractivity contribution is 0.470. The minimum atomic E-state index is 0.269. The Morgan fingerprint density at radius 1 is 1.27 bits per heavy atom. The molecule has 2 nitrogen and oxygen atoms in total. The molecule has 0 saturated carbocycles. The Kier molecular flexibility index (Phi) is 4.15. The molecular formula is C13H21NO. The van der Waals surface area contributed by atoms with E-state index in [1.54, 1.807) is 6.07 Å². The molecule has 3 N–H and O–H groups in total. The molecule has 1 aromatic rings. The van der Waals surface area contributed by atoms with Crippen LogP contribution in [0.15, 0.2) is 18.2 Å². The molecule has 0 aliphatic heterocycles. The second-order valence-electron chi connectivity index (χ2n) is 4.50. The maximum absolute atomic E-state index is 9.42. The zero-order valence-electron chi connectivity index (χ0n) is 9.83. The van der Waals surface area contributed by atoms with Crippen LogP contribution in [0.2, 0.25) is 0 Å². The number of rotatable bonds is 4. The van der Waals surface area contributed by atoms with Gasteiger partial charge in [-0.1, -0.05) is 19.1 Å². The van der Waals surface area contributed by atoms with E-state index >= 15 is 0 Å². The maximum atomic E-state index is 9.42. The van der Waals surface area contributed by atoms with Gasteiger partial charge in [0.25, 0.3) is 0 Å². The van der Waals surface area contributed by atoms with E-state index in [4.69, 9.17) is 5.73 Å². The van der Waals surface area contributed by atoms with Crippen LogP contribution in [0.4, 0.5) is 0 Å². The van der Waals surface area contributed by atoms with Crippen LogP contribution in [-0.4, -0.2) is 11.1 Å². The van der Waals surface area contributed by atoms with Crippen molar-refractivity contribution in [1.29, 1.82) is 0 Å². The van der Waals surface area contributed by atoms with Gasteiger partial charge >= 0.3 is 0 Å². The second kappa shape index (κ2) is 5.17. The van der Waals surface area contributed by atoms with Gasteiger partial charge in [-0.3, -0.25) is 0 Å². The van der Waals surface area contributed by atoms with E-state index < -0.39 is 0 Å². The van der Waals surface area contributed by atoms with Crippen molar-refractivity contribution < 1.29 is 5.11 Å². The van der Waals surface area contributed by atoms with Gasteiger partial charge in [-0.15, -0.1) is 0 Å². The van der Waals surface area contributed by atoms with E-state index in [1.807, 2.05) is 19.9 Å². The lowest BCUT2D eigenvalue weighted by Gasteiger charge is -2.14. The molecule has 15 heavy (non-hydrogen) atoms. The molecule has 0 fully saturated rings. The highest BCUT2D eigenvalue weighted by Crippen LogP contribution is 2.25. The summed E-state index contributed by atoms with van der Waals surface area (Å²) in [7, 11) is 0. The average molecular weight is 207 g/mol. The number of hydrogen-bond donors (Lipinski definition) is 2. The van der Waals surface area contributed by atoms with Crippen LogP contribution in [0, 0.1) is 6.92 Å². The van der Waals surface area contributed by atoms with Crippen molar-refractivity contribution in [1.82, 2.24) is 0 Å². The summed E-state index contributed by atoms with van der Waals surface area (Å²) < 4.78 is 0. The van der Waals surface area contributed by atoms with Gasteiger partial charge in [0.2, 0.25) is 0 Å². The van der Waals surface area contributed by atoms with Crippen LogP contribution >= 0.6 is 0 Å². The van der Waals surface area contributed by atoms with Gasteiger partial charge in [-0.05, 0) is 49.8 Å². The molecule has 0 bridgehead atoms. The monoisotopic (exact) mass is 207 g/mol. The summed E-state index contributed by atoms with van der Waals surface area (Å²) in [5, 5.41) is 9.42. The van der Waals surface area contributed by atoms with E-state index in [0.717, 1.165) is 18.4 Å². The lowest BCUT2D eigenvalue weighted by atomic mass is 9.93. The number of aromatic hydroxyl groups is 1. The van der Waals surface area contributed by atoms with Gasteiger partial charge in [-0.2, -0.15) is 0 Å². The summed E-state index contributed by atoms with van der Waals surface area (Å²) in [4.78, 5) is 0. The molecule has 0 aromatic heterocycles. The van der Waals surface area contributed by atoms with Gasteiger partial charge in [0.15, 0.2) is 0 Å². The summed E-state index contributed by atoms with van der Waals surface area (Å²) >= 11 is 0. The number of phenolic OH excluding ortho intramolecular Hbond substituents is 1. The molecular weight excluding hydrogens is 186 g/mol. The quantitative estimate of drug-likeness (QED) is 0.797. The van der Waals surface area contributed by atoms with Crippen molar-refractivity contribution in [3.63, 3.8) is 0 Å². The minimum absolute atomic E-state index is 0.269. The molecule has 0 heterocycles. The molecule has 1 aromatic carbocycles. The Balaban J connectivity index is 2.65. The SMILES string of the molecule is Cc1cc(C(C)CCC(C)N)ccc1O. The van der Waals surface area contributed by atoms with Crippen LogP contribution in [0.25, 0.3) is 0 Å². The van der Waals surface area contributed by atoms with Crippen LogP contribution < -0.4 is 5.73 Å². The van der Waals surface area contributed by atoms with Crippen molar-refractivity contribution in [3.8, 4) is 5.75 Å². The summed E-state index contributed by atoms with van der Waals surface area (Å²) in [6, 6.07) is 6.09. The highest BCUT2D eigenvalue weighted by Gasteiger charge is 2.08. The highest BCUT2D eigenvalue weighted by molar-refractivity contribution is 5.36. The van der Waals surface area contributed by atoms with Crippen molar-refractivity contribution in [3.05, 3.63) is 29.3 Å². The summed E-state index contributed by atoms with van der Waals surface area (Å²) in [6.45, 7) is 6.17. The fraction of sp³-hybridized carbons (Fsp3) is 0.538. The second-order valence-corrected chi connectivity index (χ2v) is 4.50. The third kappa shape index (κ3) is 3.56. The summed E-state index contributed by atoms with van der Waals surface area (Å²) in [5.41, 5.74) is 7.96. The van der Waals surface area contributed by atoms with Crippen LogP contribution in [-0.2, 0) is 0 Å². The molecule has 0 saturated heterocycles. The first-order valence-corrected chi connectivity index (χ1v) is 5.55. The van der Waals surface area contributed by atoms with Gasteiger partial charge in [-0.25, -0.2) is 0 Å². The normalized spacial score (nSPS) is 14.9. The first-order valence-electron chi connectivity index (χ1n) is 5.55. The predicted molar refractivity (Wildman–Crippen MR) is 64.1 cm³/mol. The zero-order chi connectivity index (χ0) is 11.4. The number of phenols is 1. The number of nitrogens with two attached hydrogens (primary N) is 1. The molecule has 0 radical (unpaired) electrons. The van der Waals surface area contributed by atoms with Crippen LogP contribution in [0.5, 0.6) is 5.75 Å². The molecule has 1 rings (SSSR count). The van der Waals surface area contributed by atoms with Crippen molar-refractivity contribution in [2.45, 2.75) is 45.6 Å². The topological polar surface area (TPSA) is 46.2 Å². The smallest absolute Gasteiger partial charge is 0.118 e. The third-order valence-corrected chi connectivity index (χ3v) is 2.84. The van der Waals surface area contributed by atoms with Crippen LogP contribution in [0.1, 0.15) is 43.7 Å². The fourth-order valence-corrected chi connectivity index (χ4v) is 1.66. The molecule has 2 atom stereocenters. The predicted octanol–water partition coefficient (Wildman–Crippen LogP) is 2.93. The van der Waals surface area contributed by atoms with E-state index in [0.29, 0.717) is 11.7 Å². The molecule has 0 amide bonds. The Hall–Kier alpha value is -1.02. The van der Waals surface area contributed by atoms with Crippen LogP contribution in [0.3, 0.4) is 0 Å². The Labute approximate surface area is 92.1 Å². The van der Waals surface area contributed by atoms with Gasteiger partial charge < -0.3 is 10.8 Å². The van der Waals surface area contributed by atoms with E-state index in [1.165, 1.54) is 5.56 Å². The van der Waals surface area contributed by atoms with Crippen molar-refractivity contribution in [2.75, 3.05) is 0 Å².